The second-order valence-electron chi connectivity index (χ2n) is 7.73. The van der Waals surface area contributed by atoms with Crippen LogP contribution < -0.4 is 10.1 Å². The van der Waals surface area contributed by atoms with E-state index in [1.54, 1.807) is 7.11 Å². The lowest BCUT2D eigenvalue weighted by Gasteiger charge is -2.23. The van der Waals surface area contributed by atoms with E-state index in [0.29, 0.717) is 0 Å². The average Bonchev–Trinajstić information content (AvgIpc) is 3.00. The number of methoxy groups -OCH3 is 2. The van der Waals surface area contributed by atoms with Crippen molar-refractivity contribution in [2.75, 3.05) is 33.9 Å². The van der Waals surface area contributed by atoms with E-state index in [2.05, 4.69) is 51.0 Å². The number of benzene rings is 1. The monoisotopic (exact) mass is 401 g/mol. The summed E-state index contributed by atoms with van der Waals surface area (Å²) in [4.78, 5) is 14.5. The van der Waals surface area contributed by atoms with E-state index >= 15 is 0 Å². The largest absolute Gasteiger partial charge is 0.497 e. The first-order chi connectivity index (χ1) is 14.0. The highest BCUT2D eigenvalue weighted by atomic mass is 16.5. The molecule has 8 heteroatoms. The quantitative estimate of drug-likeness (QED) is 0.727. The Kier molecular flexibility index (Phi) is 7.22. The maximum absolute atomic E-state index is 12.1. The van der Waals surface area contributed by atoms with Crippen LogP contribution in [0, 0.1) is 5.92 Å². The van der Waals surface area contributed by atoms with Gasteiger partial charge in [0.15, 0.2) is 5.82 Å². The highest BCUT2D eigenvalue weighted by Crippen LogP contribution is 2.23. The third-order valence-electron chi connectivity index (χ3n) is 5.22. The number of carbonyl (C=O) groups excluding carboxylic acids is 1. The van der Waals surface area contributed by atoms with E-state index < -0.39 is 0 Å². The Morgan fingerprint density at radius 2 is 2.03 bits per heavy atom. The predicted molar refractivity (Wildman–Crippen MR) is 110 cm³/mol. The Bertz CT molecular complexity index is 820. The SMILES string of the molecule is COCC(=O)N[C@@H](c1nnc2n1CCN(Cc1cccc(OC)c1)CC2)C(C)C. The van der Waals surface area contributed by atoms with Gasteiger partial charge in [-0.05, 0) is 23.6 Å². The molecule has 29 heavy (non-hydrogen) atoms. The van der Waals surface area contributed by atoms with Crippen LogP contribution in [0.2, 0.25) is 0 Å². The topological polar surface area (TPSA) is 81.5 Å². The van der Waals surface area contributed by atoms with Crippen LogP contribution in [0.25, 0.3) is 0 Å². The highest BCUT2D eigenvalue weighted by Gasteiger charge is 2.27. The zero-order chi connectivity index (χ0) is 20.8. The minimum absolute atomic E-state index is 0.0402. The summed E-state index contributed by atoms with van der Waals surface area (Å²) in [7, 11) is 3.21. The zero-order valence-electron chi connectivity index (χ0n) is 17.7. The summed E-state index contributed by atoms with van der Waals surface area (Å²) >= 11 is 0. The molecule has 1 aromatic heterocycles. The van der Waals surface area contributed by atoms with E-state index in [1.165, 1.54) is 12.7 Å². The lowest BCUT2D eigenvalue weighted by molar-refractivity contribution is -0.125. The van der Waals surface area contributed by atoms with E-state index in [4.69, 9.17) is 9.47 Å². The lowest BCUT2D eigenvalue weighted by atomic mass is 10.0. The summed E-state index contributed by atoms with van der Waals surface area (Å²) in [6.45, 7) is 7.66. The maximum Gasteiger partial charge on any atom is 0.246 e. The van der Waals surface area contributed by atoms with Crippen molar-refractivity contribution in [1.82, 2.24) is 25.0 Å². The van der Waals surface area contributed by atoms with Crippen molar-refractivity contribution in [1.29, 1.82) is 0 Å². The fourth-order valence-electron chi connectivity index (χ4n) is 3.68. The maximum atomic E-state index is 12.1. The molecule has 0 saturated heterocycles. The normalized spacial score (nSPS) is 15.6. The van der Waals surface area contributed by atoms with Crippen LogP contribution in [0.5, 0.6) is 5.75 Å². The molecule has 1 aliphatic heterocycles. The third-order valence-corrected chi connectivity index (χ3v) is 5.22. The van der Waals surface area contributed by atoms with Gasteiger partial charge in [-0.3, -0.25) is 9.69 Å². The summed E-state index contributed by atoms with van der Waals surface area (Å²) in [6.07, 6.45) is 0.827. The molecule has 2 heterocycles. The van der Waals surface area contributed by atoms with Gasteiger partial charge in [0.2, 0.25) is 5.91 Å². The van der Waals surface area contributed by atoms with Gasteiger partial charge in [-0.15, -0.1) is 10.2 Å². The molecule has 8 nitrogen and oxygen atoms in total. The van der Waals surface area contributed by atoms with Crippen LogP contribution in [0.15, 0.2) is 24.3 Å². The van der Waals surface area contributed by atoms with Gasteiger partial charge in [0.05, 0.1) is 13.2 Å². The van der Waals surface area contributed by atoms with E-state index in [9.17, 15) is 4.79 Å². The molecular formula is C21H31N5O3. The highest BCUT2D eigenvalue weighted by molar-refractivity contribution is 5.77. The summed E-state index contributed by atoms with van der Waals surface area (Å²) in [5.74, 6) is 2.72. The molecule has 1 aliphatic rings. The molecule has 1 aromatic carbocycles. The molecule has 0 saturated carbocycles. The van der Waals surface area contributed by atoms with Crippen LogP contribution >= 0.6 is 0 Å². The van der Waals surface area contributed by atoms with Crippen LogP contribution in [-0.2, 0) is 29.0 Å². The summed E-state index contributed by atoms with van der Waals surface area (Å²) in [5.41, 5.74) is 1.23. The lowest BCUT2D eigenvalue weighted by Crippen LogP contribution is -2.36. The molecule has 0 radical (unpaired) electrons. The van der Waals surface area contributed by atoms with E-state index in [-0.39, 0.29) is 24.5 Å². The number of ether oxygens (including phenoxy) is 2. The first kappa shape index (κ1) is 21.3. The number of carbonyl (C=O) groups is 1. The molecule has 2 aromatic rings. The van der Waals surface area contributed by atoms with Gasteiger partial charge in [-0.2, -0.15) is 0 Å². The minimum Gasteiger partial charge on any atom is -0.497 e. The second-order valence-corrected chi connectivity index (χ2v) is 7.73. The second kappa shape index (κ2) is 9.84. The average molecular weight is 402 g/mol. The fourth-order valence-corrected chi connectivity index (χ4v) is 3.68. The molecule has 0 spiro atoms. The van der Waals surface area contributed by atoms with E-state index in [1.807, 2.05) is 12.1 Å². The third kappa shape index (κ3) is 5.33. The number of aromatic nitrogens is 3. The van der Waals surface area contributed by atoms with Crippen LogP contribution in [0.4, 0.5) is 0 Å². The van der Waals surface area contributed by atoms with Crippen molar-refractivity contribution in [2.24, 2.45) is 5.92 Å². The van der Waals surface area contributed by atoms with Crippen LogP contribution in [0.1, 0.15) is 37.1 Å². The molecule has 0 bridgehead atoms. The molecule has 0 unspecified atom stereocenters. The van der Waals surface area contributed by atoms with Crippen molar-refractivity contribution in [2.45, 2.75) is 39.4 Å². The summed E-state index contributed by atoms with van der Waals surface area (Å²) in [5, 5.41) is 11.9. The van der Waals surface area contributed by atoms with Gasteiger partial charge in [-0.1, -0.05) is 26.0 Å². The Hall–Kier alpha value is -2.45. The molecule has 0 fully saturated rings. The van der Waals surface area contributed by atoms with Gasteiger partial charge < -0.3 is 19.4 Å². The summed E-state index contributed by atoms with van der Waals surface area (Å²) in [6, 6.07) is 8.00. The number of nitrogens with one attached hydrogen (secondary N) is 1. The Balaban J connectivity index is 1.71. The summed E-state index contributed by atoms with van der Waals surface area (Å²) < 4.78 is 12.5. The smallest absolute Gasteiger partial charge is 0.246 e. The minimum atomic E-state index is -0.191. The van der Waals surface area contributed by atoms with Gasteiger partial charge in [-0.25, -0.2) is 0 Å². The Labute approximate surface area is 172 Å². The molecule has 1 atom stereocenters. The van der Waals surface area contributed by atoms with Crippen molar-refractivity contribution in [3.63, 3.8) is 0 Å². The van der Waals surface area contributed by atoms with Crippen molar-refractivity contribution in [3.8, 4) is 5.75 Å². The number of hydrogen-bond donors (Lipinski definition) is 1. The molecule has 0 aliphatic carbocycles. The number of nitrogens with zero attached hydrogens (tertiary/aromatic N) is 4. The Morgan fingerprint density at radius 1 is 1.21 bits per heavy atom. The van der Waals surface area contributed by atoms with Crippen molar-refractivity contribution in [3.05, 3.63) is 41.5 Å². The number of hydrogen-bond acceptors (Lipinski definition) is 6. The van der Waals surface area contributed by atoms with Crippen LogP contribution in [0.3, 0.4) is 0 Å². The number of fused-ring (bicyclic) bond motifs is 1. The first-order valence-electron chi connectivity index (χ1n) is 10.1. The van der Waals surface area contributed by atoms with Crippen LogP contribution in [-0.4, -0.2) is 59.5 Å². The molecule has 3 rings (SSSR count). The molecular weight excluding hydrogens is 370 g/mol. The number of amides is 1. The van der Waals surface area contributed by atoms with Gasteiger partial charge >= 0.3 is 0 Å². The fraction of sp³-hybridized carbons (Fsp3) is 0.571. The van der Waals surface area contributed by atoms with Crippen molar-refractivity contribution >= 4 is 5.91 Å². The Morgan fingerprint density at radius 3 is 2.76 bits per heavy atom. The van der Waals surface area contributed by atoms with Gasteiger partial charge in [0.1, 0.15) is 18.2 Å². The molecule has 1 amide bonds. The first-order valence-corrected chi connectivity index (χ1v) is 10.1. The molecule has 1 N–H and O–H groups in total. The van der Waals surface area contributed by atoms with E-state index in [0.717, 1.165) is 50.0 Å². The van der Waals surface area contributed by atoms with Gasteiger partial charge in [0.25, 0.3) is 0 Å². The van der Waals surface area contributed by atoms with Crippen molar-refractivity contribution < 1.29 is 14.3 Å². The predicted octanol–water partition coefficient (Wildman–Crippen LogP) is 1.80. The zero-order valence-corrected chi connectivity index (χ0v) is 17.7. The molecule has 158 valence electrons. The number of rotatable bonds is 8. The van der Waals surface area contributed by atoms with Gasteiger partial charge in [0, 0.05) is 39.7 Å². The standard InChI is InChI=1S/C21H31N5O3/c1-15(2)20(22-19(27)14-28-3)21-24-23-18-8-9-25(10-11-26(18)21)13-16-6-5-7-17(12-16)29-4/h5-7,12,15,20H,8-11,13-14H2,1-4H3,(H,22,27)/t20-/m1/s1.